The molecule has 0 saturated heterocycles. The van der Waals surface area contributed by atoms with Crippen molar-refractivity contribution in [2.24, 2.45) is 0 Å². The van der Waals surface area contributed by atoms with Crippen LogP contribution in [0.1, 0.15) is 31.4 Å². The maximum Gasteiger partial charge on any atom is -0.00976 e. The Bertz CT molecular complexity index is 1390. The second kappa shape index (κ2) is 10.8. The minimum atomic E-state index is 0.894. The number of allylic oxidation sites excluding steroid dienone is 7. The smallest absolute Gasteiger partial charge is 0.00976 e. The van der Waals surface area contributed by atoms with Gasteiger partial charge in [-0.1, -0.05) is 116 Å². The SMILES string of the molecule is C=C/C(=C\C)C/C=C\C(=C/C)c1cc(C)cc(-c2ccc(-c3cccc4ccccc34)cc2)c1. The van der Waals surface area contributed by atoms with E-state index in [2.05, 4.69) is 137 Å². The van der Waals surface area contributed by atoms with Crippen LogP contribution in [0, 0.1) is 6.92 Å². The van der Waals surface area contributed by atoms with Crippen molar-refractivity contribution in [2.75, 3.05) is 0 Å². The predicted octanol–water partition coefficient (Wildman–Crippen LogP) is 9.96. The number of fused-ring (bicyclic) bond motifs is 1. The van der Waals surface area contributed by atoms with Gasteiger partial charge in [0.2, 0.25) is 0 Å². The molecule has 4 aromatic carbocycles. The molecule has 0 aliphatic heterocycles. The molecule has 0 spiro atoms. The zero-order valence-corrected chi connectivity index (χ0v) is 20.4. The van der Waals surface area contributed by atoms with Crippen LogP contribution < -0.4 is 0 Å². The predicted molar refractivity (Wildman–Crippen MR) is 151 cm³/mol. The standard InChI is InChI=1S/C34H32/c1-5-26(6-2)12-10-14-27(7-3)31-22-25(4)23-32(24-31)28-18-20-30(21-19-28)34-17-11-15-29-13-8-9-16-33(29)34/h5-11,13-24H,1,12H2,2-4H3/b14-10-,26-6+,27-7+. The number of aryl methyl sites for hydroxylation is 1. The summed E-state index contributed by atoms with van der Waals surface area (Å²) in [7, 11) is 0. The van der Waals surface area contributed by atoms with Gasteiger partial charge in [-0.25, -0.2) is 0 Å². The van der Waals surface area contributed by atoms with E-state index in [4.69, 9.17) is 0 Å². The molecule has 4 rings (SSSR count). The lowest BCUT2D eigenvalue weighted by Gasteiger charge is -2.11. The zero-order valence-electron chi connectivity index (χ0n) is 20.4. The van der Waals surface area contributed by atoms with Crippen molar-refractivity contribution in [2.45, 2.75) is 27.2 Å². The van der Waals surface area contributed by atoms with E-state index in [0.717, 1.165) is 6.42 Å². The molecule has 0 N–H and O–H groups in total. The lowest BCUT2D eigenvalue weighted by atomic mass is 9.93. The van der Waals surface area contributed by atoms with E-state index < -0.39 is 0 Å². The van der Waals surface area contributed by atoms with Crippen molar-refractivity contribution in [1.29, 1.82) is 0 Å². The van der Waals surface area contributed by atoms with Crippen LogP contribution in [-0.4, -0.2) is 0 Å². The van der Waals surface area contributed by atoms with Crippen LogP contribution in [0.5, 0.6) is 0 Å². The van der Waals surface area contributed by atoms with Crippen LogP contribution in [-0.2, 0) is 0 Å². The second-order valence-corrected chi connectivity index (χ2v) is 8.61. The average Bonchev–Trinajstić information content (AvgIpc) is 2.88. The fourth-order valence-electron chi connectivity index (χ4n) is 4.44. The quantitative estimate of drug-likeness (QED) is 0.251. The molecule has 168 valence electrons. The van der Waals surface area contributed by atoms with Gasteiger partial charge in [-0.15, -0.1) is 0 Å². The largest absolute Gasteiger partial charge is 0.0988 e. The highest BCUT2D eigenvalue weighted by atomic mass is 14.1. The molecule has 34 heavy (non-hydrogen) atoms. The van der Waals surface area contributed by atoms with E-state index in [0.29, 0.717) is 0 Å². The fourth-order valence-corrected chi connectivity index (χ4v) is 4.44. The third kappa shape index (κ3) is 5.18. The highest BCUT2D eigenvalue weighted by Gasteiger charge is 2.07. The number of hydrogen-bond acceptors (Lipinski definition) is 0. The van der Waals surface area contributed by atoms with Gasteiger partial charge in [0.1, 0.15) is 0 Å². The molecule has 0 atom stereocenters. The summed E-state index contributed by atoms with van der Waals surface area (Å²) in [6, 6.07) is 30.9. The highest BCUT2D eigenvalue weighted by Crippen LogP contribution is 2.32. The van der Waals surface area contributed by atoms with E-state index >= 15 is 0 Å². The Kier molecular flexibility index (Phi) is 7.40. The Hall–Kier alpha value is -3.90. The summed E-state index contributed by atoms with van der Waals surface area (Å²) < 4.78 is 0. The van der Waals surface area contributed by atoms with Crippen LogP contribution in [0.4, 0.5) is 0 Å². The first kappa shape index (κ1) is 23.3. The van der Waals surface area contributed by atoms with E-state index in [-0.39, 0.29) is 0 Å². The summed E-state index contributed by atoms with van der Waals surface area (Å²) >= 11 is 0. The van der Waals surface area contributed by atoms with Gasteiger partial charge in [0.15, 0.2) is 0 Å². The van der Waals surface area contributed by atoms with E-state index in [9.17, 15) is 0 Å². The maximum absolute atomic E-state index is 3.89. The topological polar surface area (TPSA) is 0 Å². The molecule has 0 heterocycles. The van der Waals surface area contributed by atoms with Crippen LogP contribution in [0.2, 0.25) is 0 Å². The maximum atomic E-state index is 3.89. The van der Waals surface area contributed by atoms with Gasteiger partial charge in [-0.3, -0.25) is 0 Å². The lowest BCUT2D eigenvalue weighted by molar-refractivity contribution is 1.27. The summed E-state index contributed by atoms with van der Waals surface area (Å²) in [5, 5.41) is 2.56. The highest BCUT2D eigenvalue weighted by molar-refractivity contribution is 5.96. The molecule has 0 bridgehead atoms. The van der Waals surface area contributed by atoms with Crippen molar-refractivity contribution in [3.05, 3.63) is 139 Å². The zero-order chi connectivity index (χ0) is 23.9. The van der Waals surface area contributed by atoms with Crippen molar-refractivity contribution in [1.82, 2.24) is 0 Å². The molecule has 0 aromatic heterocycles. The summed E-state index contributed by atoms with van der Waals surface area (Å²) in [5.41, 5.74) is 9.97. The Morgan fingerprint density at radius 3 is 2.24 bits per heavy atom. The molecular formula is C34H32. The van der Waals surface area contributed by atoms with Gasteiger partial charge in [0.25, 0.3) is 0 Å². The molecule has 4 aromatic rings. The normalized spacial score (nSPS) is 12.4. The first-order valence-electron chi connectivity index (χ1n) is 11.9. The first-order chi connectivity index (χ1) is 16.6. The minimum absolute atomic E-state index is 0.894. The summed E-state index contributed by atoms with van der Waals surface area (Å²) in [5.74, 6) is 0. The second-order valence-electron chi connectivity index (χ2n) is 8.61. The molecule has 0 amide bonds. The molecule has 0 aliphatic rings. The molecule has 0 fully saturated rings. The Labute approximate surface area is 204 Å². The molecule has 0 nitrogen and oxygen atoms in total. The third-order valence-electron chi connectivity index (χ3n) is 6.32. The van der Waals surface area contributed by atoms with Gasteiger partial charge in [0.05, 0.1) is 0 Å². The number of hydrogen-bond donors (Lipinski definition) is 0. The Morgan fingerprint density at radius 1 is 0.765 bits per heavy atom. The first-order valence-corrected chi connectivity index (χ1v) is 11.9. The third-order valence-corrected chi connectivity index (χ3v) is 6.32. The van der Waals surface area contributed by atoms with Gasteiger partial charge in [0, 0.05) is 0 Å². The average molecular weight is 441 g/mol. The molecule has 0 saturated carbocycles. The molecule has 0 heteroatoms. The van der Waals surface area contributed by atoms with Crippen LogP contribution in [0.15, 0.2) is 127 Å². The van der Waals surface area contributed by atoms with Crippen molar-refractivity contribution in [3.63, 3.8) is 0 Å². The number of rotatable bonds is 7. The van der Waals surface area contributed by atoms with Gasteiger partial charge in [-0.05, 0) is 88.6 Å². The van der Waals surface area contributed by atoms with Gasteiger partial charge < -0.3 is 0 Å². The van der Waals surface area contributed by atoms with Crippen molar-refractivity contribution >= 4 is 16.3 Å². The lowest BCUT2D eigenvalue weighted by Crippen LogP contribution is -1.88. The van der Waals surface area contributed by atoms with Gasteiger partial charge in [-0.2, -0.15) is 0 Å². The van der Waals surface area contributed by atoms with E-state index in [1.165, 1.54) is 55.3 Å². The van der Waals surface area contributed by atoms with E-state index in [1.807, 2.05) is 6.08 Å². The fraction of sp³-hybridized carbons (Fsp3) is 0.118. The van der Waals surface area contributed by atoms with Crippen LogP contribution in [0.3, 0.4) is 0 Å². The van der Waals surface area contributed by atoms with Gasteiger partial charge >= 0.3 is 0 Å². The monoisotopic (exact) mass is 440 g/mol. The Morgan fingerprint density at radius 2 is 1.50 bits per heavy atom. The molecule has 0 unspecified atom stereocenters. The number of benzene rings is 4. The summed E-state index contributed by atoms with van der Waals surface area (Å²) in [6.07, 6.45) is 11.5. The summed E-state index contributed by atoms with van der Waals surface area (Å²) in [4.78, 5) is 0. The molecule has 0 radical (unpaired) electrons. The summed E-state index contributed by atoms with van der Waals surface area (Å²) in [6.45, 7) is 10.2. The van der Waals surface area contributed by atoms with Crippen molar-refractivity contribution in [3.8, 4) is 22.3 Å². The van der Waals surface area contributed by atoms with Crippen molar-refractivity contribution < 1.29 is 0 Å². The van der Waals surface area contributed by atoms with E-state index in [1.54, 1.807) is 0 Å². The Balaban J connectivity index is 1.64. The van der Waals surface area contributed by atoms with Crippen LogP contribution in [0.25, 0.3) is 38.6 Å². The molecule has 0 aliphatic carbocycles. The van der Waals surface area contributed by atoms with Crippen LogP contribution >= 0.6 is 0 Å². The molecular weight excluding hydrogens is 408 g/mol. The minimum Gasteiger partial charge on any atom is -0.0988 e.